The minimum atomic E-state index is -0.732. The van der Waals surface area contributed by atoms with E-state index in [0.29, 0.717) is 10.6 Å². The molecule has 0 aliphatic heterocycles. The largest absolute Gasteiger partial charge is 0.462 e. The van der Waals surface area contributed by atoms with Gasteiger partial charge in [0, 0.05) is 4.88 Å². The quantitative estimate of drug-likeness (QED) is 0.764. The molecule has 0 saturated carbocycles. The van der Waals surface area contributed by atoms with Crippen molar-refractivity contribution in [2.24, 2.45) is 0 Å². The fraction of sp³-hybridized carbons (Fsp3) is 0.316. The number of ether oxygens (including phenoxy) is 2. The highest BCUT2D eigenvalue weighted by atomic mass is 32.1. The van der Waals surface area contributed by atoms with Crippen LogP contribution in [0.15, 0.2) is 24.3 Å². The van der Waals surface area contributed by atoms with Crippen molar-refractivity contribution in [3.8, 4) is 0 Å². The fourth-order valence-corrected chi connectivity index (χ4v) is 4.17. The van der Waals surface area contributed by atoms with Gasteiger partial charge in [0.1, 0.15) is 10.8 Å². The Morgan fingerprint density at radius 3 is 2.56 bits per heavy atom. The van der Waals surface area contributed by atoms with Crippen LogP contribution in [0.4, 0.5) is 9.39 Å². The topological polar surface area (TPSA) is 81.7 Å². The van der Waals surface area contributed by atoms with E-state index in [1.165, 1.54) is 23.5 Å². The average Bonchev–Trinajstić information content (AvgIpc) is 3.21. The third-order valence-electron chi connectivity index (χ3n) is 4.07. The fourth-order valence-electron chi connectivity index (χ4n) is 2.87. The number of carbonyl (C=O) groups excluding carboxylic acids is 3. The molecule has 3 rings (SSSR count). The molecule has 27 heavy (non-hydrogen) atoms. The SMILES string of the molecule is CCOC(=O)c1c(NC(=O)COC(=O)c2ccc(F)cc2)sc2c1CCC2. The van der Waals surface area contributed by atoms with Gasteiger partial charge in [-0.3, -0.25) is 4.79 Å². The summed E-state index contributed by atoms with van der Waals surface area (Å²) in [6, 6.07) is 4.82. The summed E-state index contributed by atoms with van der Waals surface area (Å²) < 4.78 is 22.9. The molecule has 1 amide bonds. The van der Waals surface area contributed by atoms with Crippen LogP contribution >= 0.6 is 11.3 Å². The second-order valence-corrected chi connectivity index (χ2v) is 7.02. The molecule has 0 atom stereocenters. The summed E-state index contributed by atoms with van der Waals surface area (Å²) in [5.41, 5.74) is 1.47. The lowest BCUT2D eigenvalue weighted by Gasteiger charge is -2.08. The molecule has 0 fully saturated rings. The first-order chi connectivity index (χ1) is 13.0. The zero-order valence-electron chi connectivity index (χ0n) is 14.7. The zero-order valence-corrected chi connectivity index (χ0v) is 15.5. The number of aryl methyl sites for hydroxylation is 1. The number of carbonyl (C=O) groups is 3. The third kappa shape index (κ3) is 4.33. The highest BCUT2D eigenvalue weighted by Crippen LogP contribution is 2.39. The number of rotatable bonds is 6. The molecule has 8 heteroatoms. The maximum atomic E-state index is 12.9. The summed E-state index contributed by atoms with van der Waals surface area (Å²) in [7, 11) is 0. The molecule has 0 unspecified atom stereocenters. The van der Waals surface area contributed by atoms with Gasteiger partial charge in [-0.25, -0.2) is 14.0 Å². The van der Waals surface area contributed by atoms with Crippen molar-refractivity contribution in [1.82, 2.24) is 0 Å². The maximum absolute atomic E-state index is 12.9. The Labute approximate surface area is 159 Å². The van der Waals surface area contributed by atoms with Gasteiger partial charge in [0.05, 0.1) is 17.7 Å². The standard InChI is InChI=1S/C19H18FNO5S/c1-2-25-19(24)16-13-4-3-5-14(13)27-17(16)21-15(22)10-26-18(23)11-6-8-12(20)9-7-11/h6-9H,2-5,10H2,1H3,(H,21,22). The first-order valence-electron chi connectivity index (χ1n) is 8.53. The summed E-state index contributed by atoms with van der Waals surface area (Å²) in [5.74, 6) is -2.22. The molecular formula is C19H18FNO5S. The molecule has 1 aromatic heterocycles. The minimum absolute atomic E-state index is 0.145. The van der Waals surface area contributed by atoms with Crippen LogP contribution in [-0.2, 0) is 27.1 Å². The molecule has 1 N–H and O–H groups in total. The normalized spacial score (nSPS) is 12.4. The van der Waals surface area contributed by atoms with Crippen LogP contribution in [-0.4, -0.2) is 31.1 Å². The molecule has 1 aliphatic carbocycles. The molecule has 0 spiro atoms. The van der Waals surface area contributed by atoms with Crippen molar-refractivity contribution in [2.45, 2.75) is 26.2 Å². The second-order valence-electron chi connectivity index (χ2n) is 5.91. The van der Waals surface area contributed by atoms with Gasteiger partial charge in [-0.2, -0.15) is 0 Å². The lowest BCUT2D eigenvalue weighted by Crippen LogP contribution is -2.22. The Morgan fingerprint density at radius 1 is 1.11 bits per heavy atom. The van der Waals surface area contributed by atoms with E-state index in [1.54, 1.807) is 6.92 Å². The number of nitrogens with one attached hydrogen (secondary N) is 1. The molecule has 1 aromatic carbocycles. The molecule has 6 nitrogen and oxygen atoms in total. The Morgan fingerprint density at radius 2 is 1.85 bits per heavy atom. The number of hydrogen-bond acceptors (Lipinski definition) is 6. The highest BCUT2D eigenvalue weighted by molar-refractivity contribution is 7.17. The van der Waals surface area contributed by atoms with Gasteiger partial charge in [-0.05, 0) is 56.0 Å². The van der Waals surface area contributed by atoms with Crippen LogP contribution in [0.3, 0.4) is 0 Å². The predicted molar refractivity (Wildman–Crippen MR) is 97.6 cm³/mol. The van der Waals surface area contributed by atoms with Crippen molar-refractivity contribution in [3.63, 3.8) is 0 Å². The molecule has 2 aromatic rings. The van der Waals surface area contributed by atoms with Crippen LogP contribution in [0.1, 0.15) is 44.5 Å². The van der Waals surface area contributed by atoms with Gasteiger partial charge < -0.3 is 14.8 Å². The summed E-state index contributed by atoms with van der Waals surface area (Å²) in [5, 5.41) is 3.05. The van der Waals surface area contributed by atoms with Crippen molar-refractivity contribution in [3.05, 3.63) is 51.7 Å². The van der Waals surface area contributed by atoms with E-state index in [2.05, 4.69) is 5.32 Å². The Balaban J connectivity index is 1.65. The third-order valence-corrected chi connectivity index (χ3v) is 5.28. The Hall–Kier alpha value is -2.74. The van der Waals surface area contributed by atoms with Crippen LogP contribution in [0.2, 0.25) is 0 Å². The lowest BCUT2D eigenvalue weighted by atomic mass is 10.1. The smallest absolute Gasteiger partial charge is 0.341 e. The van der Waals surface area contributed by atoms with Crippen LogP contribution in [0.5, 0.6) is 0 Å². The number of thiophene rings is 1. The highest BCUT2D eigenvalue weighted by Gasteiger charge is 2.28. The van der Waals surface area contributed by atoms with Gasteiger partial charge in [-0.15, -0.1) is 11.3 Å². The molecule has 1 heterocycles. The van der Waals surface area contributed by atoms with E-state index < -0.39 is 30.3 Å². The number of halogens is 1. The van der Waals surface area contributed by atoms with E-state index in [0.717, 1.165) is 41.8 Å². The van der Waals surface area contributed by atoms with Gasteiger partial charge >= 0.3 is 11.9 Å². The number of anilines is 1. The molecule has 0 bridgehead atoms. The number of fused-ring (bicyclic) bond motifs is 1. The zero-order chi connectivity index (χ0) is 19.4. The van der Waals surface area contributed by atoms with Crippen molar-refractivity contribution >= 4 is 34.2 Å². The molecule has 0 radical (unpaired) electrons. The lowest BCUT2D eigenvalue weighted by molar-refractivity contribution is -0.119. The van der Waals surface area contributed by atoms with Gasteiger partial charge in [0.25, 0.3) is 5.91 Å². The van der Waals surface area contributed by atoms with E-state index in [9.17, 15) is 18.8 Å². The van der Waals surface area contributed by atoms with Crippen molar-refractivity contribution < 1.29 is 28.2 Å². The first-order valence-corrected chi connectivity index (χ1v) is 9.35. The summed E-state index contributed by atoms with van der Waals surface area (Å²) in [6.07, 6.45) is 2.61. The summed E-state index contributed by atoms with van der Waals surface area (Å²) >= 11 is 1.35. The Bertz CT molecular complexity index is 875. The number of amides is 1. The first kappa shape index (κ1) is 19.0. The summed E-state index contributed by atoms with van der Waals surface area (Å²) in [4.78, 5) is 37.4. The van der Waals surface area contributed by atoms with Gasteiger partial charge in [0.2, 0.25) is 0 Å². The predicted octanol–water partition coefficient (Wildman–Crippen LogP) is 3.35. The Kier molecular flexibility index (Phi) is 5.85. The van der Waals surface area contributed by atoms with E-state index >= 15 is 0 Å². The molecular weight excluding hydrogens is 373 g/mol. The van der Waals surface area contributed by atoms with Crippen LogP contribution in [0.25, 0.3) is 0 Å². The van der Waals surface area contributed by atoms with Crippen molar-refractivity contribution in [1.29, 1.82) is 0 Å². The van der Waals surface area contributed by atoms with E-state index in [4.69, 9.17) is 9.47 Å². The second kappa shape index (κ2) is 8.30. The molecule has 1 aliphatic rings. The average molecular weight is 391 g/mol. The number of hydrogen-bond donors (Lipinski definition) is 1. The van der Waals surface area contributed by atoms with E-state index in [-0.39, 0.29) is 12.2 Å². The minimum Gasteiger partial charge on any atom is -0.462 e. The van der Waals surface area contributed by atoms with Gasteiger partial charge in [-0.1, -0.05) is 0 Å². The number of esters is 2. The number of benzene rings is 1. The summed E-state index contributed by atoms with van der Waals surface area (Å²) in [6.45, 7) is 1.45. The molecule has 0 saturated heterocycles. The van der Waals surface area contributed by atoms with Crippen LogP contribution in [0, 0.1) is 5.82 Å². The maximum Gasteiger partial charge on any atom is 0.341 e. The molecule has 142 valence electrons. The van der Waals surface area contributed by atoms with Crippen molar-refractivity contribution in [2.75, 3.05) is 18.5 Å². The monoisotopic (exact) mass is 391 g/mol. The van der Waals surface area contributed by atoms with E-state index in [1.807, 2.05) is 0 Å². The van der Waals surface area contributed by atoms with Crippen LogP contribution < -0.4 is 5.32 Å². The van der Waals surface area contributed by atoms with Gasteiger partial charge in [0.15, 0.2) is 6.61 Å².